The van der Waals surface area contributed by atoms with Crippen molar-refractivity contribution in [2.24, 2.45) is 0 Å². The van der Waals surface area contributed by atoms with Crippen molar-refractivity contribution >= 4 is 17.3 Å². The monoisotopic (exact) mass is 672 g/mol. The lowest BCUT2D eigenvalue weighted by Crippen LogP contribution is -2.38. The van der Waals surface area contributed by atoms with Gasteiger partial charge in [-0.05, 0) is 101 Å². The number of Topliss-reactive ketones (excluding diaryl/α,β-unsaturated/α-hetero) is 3. The number of aliphatic hydroxyl groups is 1. The molecule has 0 amide bonds. The maximum atomic E-state index is 12.3. The average molecular weight is 673 g/mol. The van der Waals surface area contributed by atoms with Crippen molar-refractivity contribution in [2.45, 2.75) is 126 Å². The summed E-state index contributed by atoms with van der Waals surface area (Å²) in [5.41, 5.74) is 14.1. The lowest BCUT2D eigenvalue weighted by Gasteiger charge is -2.29. The molecule has 7 rings (SSSR count). The van der Waals surface area contributed by atoms with E-state index in [1.807, 2.05) is 18.4 Å². The maximum absolute atomic E-state index is 12.3. The molecular formula is C40H56N4O5. The molecule has 3 aliphatic carbocycles. The van der Waals surface area contributed by atoms with Crippen molar-refractivity contribution in [3.8, 4) is 0 Å². The molecule has 0 radical (unpaired) electrons. The molecule has 49 heavy (non-hydrogen) atoms. The summed E-state index contributed by atoms with van der Waals surface area (Å²) in [7, 11) is 0. The molecule has 4 aliphatic rings. The predicted molar refractivity (Wildman–Crippen MR) is 193 cm³/mol. The number of H-pyrrole nitrogens is 1. The fourth-order valence-corrected chi connectivity index (χ4v) is 8.37. The Hall–Kier alpha value is -3.53. The largest absolute Gasteiger partial charge is 0.379 e. The summed E-state index contributed by atoms with van der Waals surface area (Å²) in [6.45, 7) is 20.8. The van der Waals surface area contributed by atoms with Crippen LogP contribution in [0.3, 0.4) is 0 Å². The summed E-state index contributed by atoms with van der Waals surface area (Å²) in [6, 6.07) is 0. The van der Waals surface area contributed by atoms with Gasteiger partial charge in [-0.3, -0.25) is 19.3 Å². The molecule has 9 nitrogen and oxygen atoms in total. The summed E-state index contributed by atoms with van der Waals surface area (Å²) in [5.74, 6) is 0.753. The Morgan fingerprint density at radius 2 is 1.24 bits per heavy atom. The number of aromatic amines is 1. The molecule has 2 N–H and O–H groups in total. The van der Waals surface area contributed by atoms with Crippen molar-refractivity contribution < 1.29 is 24.2 Å². The predicted octanol–water partition coefficient (Wildman–Crippen LogP) is 6.57. The number of aryl methyl sites for hydroxylation is 2. The standard InChI is InChI=1S/C16H24N2O2.C12H17NO2.C12H15NO/c1-3-13-12(2)18(11-17-7-9-20-10-8-17)14-5-4-6-15(19)16(13)14;1-3-9-8(2)13(7-14)10-5-4-6-11(15)12(9)10;1-4-9-8(3)13-10-6-5-7(2)12(14)11(9)10/h3-11H2,1-2H3;14H,3-7H2,1-2H3;13H,2,4-6H2,1,3H3. The van der Waals surface area contributed by atoms with Gasteiger partial charge in [0.25, 0.3) is 0 Å². The number of nitrogens with one attached hydrogen (secondary N) is 1. The number of allylic oxidation sites excluding steroid dienone is 1. The van der Waals surface area contributed by atoms with Crippen LogP contribution in [-0.2, 0) is 56.7 Å². The van der Waals surface area contributed by atoms with Gasteiger partial charge in [0.15, 0.2) is 17.3 Å². The van der Waals surface area contributed by atoms with Crippen molar-refractivity contribution in [1.82, 2.24) is 19.0 Å². The highest BCUT2D eigenvalue weighted by atomic mass is 16.5. The second kappa shape index (κ2) is 16.0. The molecule has 0 unspecified atom stereocenters. The van der Waals surface area contributed by atoms with Crippen LogP contribution < -0.4 is 0 Å². The first-order valence-electron chi connectivity index (χ1n) is 18.4. The van der Waals surface area contributed by atoms with Crippen molar-refractivity contribution in [2.75, 3.05) is 26.3 Å². The third-order valence-electron chi connectivity index (χ3n) is 11.0. The second-order valence-electron chi connectivity index (χ2n) is 13.8. The van der Waals surface area contributed by atoms with Crippen molar-refractivity contribution in [1.29, 1.82) is 0 Å². The Morgan fingerprint density at radius 1 is 0.714 bits per heavy atom. The van der Waals surface area contributed by atoms with Crippen LogP contribution in [0, 0.1) is 20.8 Å². The lowest BCUT2D eigenvalue weighted by atomic mass is 9.89. The van der Waals surface area contributed by atoms with Crippen LogP contribution >= 0.6 is 0 Å². The zero-order chi connectivity index (χ0) is 35.4. The van der Waals surface area contributed by atoms with E-state index in [4.69, 9.17) is 4.74 Å². The molecule has 9 heteroatoms. The third-order valence-corrected chi connectivity index (χ3v) is 11.0. The Labute approximate surface area is 291 Å². The fourth-order valence-electron chi connectivity index (χ4n) is 8.37. The number of ketones is 3. The molecule has 0 atom stereocenters. The first kappa shape index (κ1) is 36.7. The molecule has 0 saturated carbocycles. The van der Waals surface area contributed by atoms with Gasteiger partial charge in [0, 0.05) is 76.8 Å². The minimum atomic E-state index is -0.0125. The Bertz CT molecular complexity index is 1730. The number of ether oxygens (including phenoxy) is 1. The van der Waals surface area contributed by atoms with Gasteiger partial charge in [-0.2, -0.15) is 0 Å². The number of hydrogen-bond acceptors (Lipinski definition) is 6. The van der Waals surface area contributed by atoms with E-state index in [2.05, 4.69) is 48.7 Å². The Kier molecular flexibility index (Phi) is 12.0. The molecular weight excluding hydrogens is 616 g/mol. The highest BCUT2D eigenvalue weighted by Gasteiger charge is 2.29. The van der Waals surface area contributed by atoms with E-state index in [9.17, 15) is 19.5 Å². The van der Waals surface area contributed by atoms with Gasteiger partial charge < -0.3 is 24.0 Å². The van der Waals surface area contributed by atoms with Gasteiger partial charge >= 0.3 is 0 Å². The van der Waals surface area contributed by atoms with E-state index in [1.165, 1.54) is 22.5 Å². The van der Waals surface area contributed by atoms with Gasteiger partial charge in [0.05, 0.1) is 19.9 Å². The number of rotatable bonds is 6. The minimum absolute atomic E-state index is 0.0125. The molecule has 0 bridgehead atoms. The van der Waals surface area contributed by atoms with Gasteiger partial charge in [-0.15, -0.1) is 0 Å². The molecule has 1 saturated heterocycles. The summed E-state index contributed by atoms with van der Waals surface area (Å²) >= 11 is 0. The molecule has 266 valence electrons. The number of aliphatic hydroxyl groups excluding tert-OH is 1. The molecule has 3 aromatic rings. The summed E-state index contributed by atoms with van der Waals surface area (Å²) in [4.78, 5) is 41.7. The smallest absolute Gasteiger partial charge is 0.190 e. The highest BCUT2D eigenvalue weighted by molar-refractivity contribution is 6.11. The number of carbonyl (C=O) groups excluding carboxylic acids is 3. The molecule has 3 aromatic heterocycles. The molecule has 0 spiro atoms. The van der Waals surface area contributed by atoms with E-state index in [-0.39, 0.29) is 18.3 Å². The van der Waals surface area contributed by atoms with E-state index in [0.29, 0.717) is 12.2 Å². The van der Waals surface area contributed by atoms with Crippen LogP contribution in [0.25, 0.3) is 0 Å². The molecule has 4 heterocycles. The number of morpholine rings is 1. The molecule has 1 fully saturated rings. The number of aromatic nitrogens is 3. The van der Waals surface area contributed by atoms with E-state index in [0.717, 1.165) is 148 Å². The molecule has 0 aromatic carbocycles. The summed E-state index contributed by atoms with van der Waals surface area (Å²) < 4.78 is 9.68. The van der Waals surface area contributed by atoms with E-state index >= 15 is 0 Å². The van der Waals surface area contributed by atoms with Gasteiger partial charge in [-0.25, -0.2) is 0 Å². The maximum Gasteiger partial charge on any atom is 0.190 e. The number of hydrogen-bond donors (Lipinski definition) is 2. The second-order valence-corrected chi connectivity index (χ2v) is 13.8. The van der Waals surface area contributed by atoms with Crippen LogP contribution in [0.4, 0.5) is 0 Å². The average Bonchev–Trinajstić information content (AvgIpc) is 3.69. The summed E-state index contributed by atoms with van der Waals surface area (Å²) in [5, 5.41) is 9.32. The van der Waals surface area contributed by atoms with Gasteiger partial charge in [0.1, 0.15) is 6.73 Å². The van der Waals surface area contributed by atoms with Crippen LogP contribution in [0.5, 0.6) is 0 Å². The number of nitrogens with zero attached hydrogens (tertiary/aromatic N) is 3. The zero-order valence-corrected chi connectivity index (χ0v) is 30.6. The van der Waals surface area contributed by atoms with Gasteiger partial charge in [-0.1, -0.05) is 27.4 Å². The van der Waals surface area contributed by atoms with Crippen LogP contribution in [-0.4, -0.2) is 67.8 Å². The first-order chi connectivity index (χ1) is 23.6. The number of fused-ring (bicyclic) bond motifs is 3. The first-order valence-corrected chi connectivity index (χ1v) is 18.4. The topological polar surface area (TPSA) is 110 Å². The fraction of sp³-hybridized carbons (Fsp3) is 0.575. The van der Waals surface area contributed by atoms with E-state index in [1.54, 1.807) is 0 Å². The Balaban J connectivity index is 0.000000146. The quantitative estimate of drug-likeness (QED) is 0.287. The van der Waals surface area contributed by atoms with Gasteiger partial charge in [0.2, 0.25) is 0 Å². The highest BCUT2D eigenvalue weighted by Crippen LogP contribution is 2.32. The normalized spacial score (nSPS) is 17.5. The van der Waals surface area contributed by atoms with E-state index < -0.39 is 0 Å². The van der Waals surface area contributed by atoms with Crippen LogP contribution in [0.15, 0.2) is 12.2 Å². The minimum Gasteiger partial charge on any atom is -0.379 e. The SMILES string of the molecule is C=C1CCc2[nH]c(C)c(CC)c2C1=O.CCc1c2c(n(CN3CCOCC3)c1C)CCCC2=O.CCc1c2c(n(CO)c1C)CCCC2=O. The third kappa shape index (κ3) is 7.21. The van der Waals surface area contributed by atoms with Crippen molar-refractivity contribution in [3.05, 3.63) is 79.7 Å². The van der Waals surface area contributed by atoms with Crippen LogP contribution in [0.1, 0.15) is 135 Å². The Morgan fingerprint density at radius 3 is 1.78 bits per heavy atom. The zero-order valence-electron chi connectivity index (χ0n) is 30.6. The summed E-state index contributed by atoms with van der Waals surface area (Å²) in [6.07, 6.45) is 9.74. The molecule has 1 aliphatic heterocycles. The van der Waals surface area contributed by atoms with Crippen LogP contribution in [0.2, 0.25) is 0 Å². The number of carbonyl (C=O) groups is 3. The van der Waals surface area contributed by atoms with Crippen molar-refractivity contribution in [3.63, 3.8) is 0 Å². The lowest BCUT2D eigenvalue weighted by molar-refractivity contribution is 0.0227.